The minimum atomic E-state index is 0.347. The van der Waals surface area contributed by atoms with Gasteiger partial charge in [0.15, 0.2) is 0 Å². The molecule has 0 unspecified atom stereocenters. The average molecular weight is 279 g/mol. The first kappa shape index (κ1) is 13.7. The highest BCUT2D eigenvalue weighted by Gasteiger charge is 2.16. The normalized spacial score (nSPS) is 11.5. The molecule has 0 amide bonds. The van der Waals surface area contributed by atoms with Crippen molar-refractivity contribution in [1.29, 1.82) is 0 Å². The van der Waals surface area contributed by atoms with Gasteiger partial charge in [-0.3, -0.25) is 4.57 Å². The lowest BCUT2D eigenvalue weighted by Crippen LogP contribution is -2.04. The summed E-state index contributed by atoms with van der Waals surface area (Å²) in [6.45, 7) is 8.61. The lowest BCUT2D eigenvalue weighted by Gasteiger charge is -2.14. The van der Waals surface area contributed by atoms with Crippen LogP contribution in [-0.2, 0) is 0 Å². The van der Waals surface area contributed by atoms with E-state index in [4.69, 9.17) is 10.7 Å². The lowest BCUT2D eigenvalue weighted by atomic mass is 10.1. The maximum atomic E-state index is 5.90. The fourth-order valence-corrected chi connectivity index (χ4v) is 2.81. The molecule has 0 aliphatic carbocycles. The van der Waals surface area contributed by atoms with Gasteiger partial charge in [0.25, 0.3) is 0 Å². The Morgan fingerprint density at radius 2 is 1.81 bits per heavy atom. The van der Waals surface area contributed by atoms with E-state index in [1.807, 2.05) is 12.1 Å². The first-order valence-corrected chi connectivity index (χ1v) is 7.33. The highest BCUT2D eigenvalue weighted by Crippen LogP contribution is 2.29. The molecular weight excluding hydrogens is 258 g/mol. The number of hydrogen-bond donors (Lipinski definition) is 1. The van der Waals surface area contributed by atoms with E-state index in [0.29, 0.717) is 5.92 Å². The zero-order valence-electron chi connectivity index (χ0n) is 13.0. The Bertz CT molecular complexity index is 813. The first-order valence-electron chi connectivity index (χ1n) is 7.33. The molecule has 0 atom stereocenters. The quantitative estimate of drug-likeness (QED) is 0.709. The average Bonchev–Trinajstić information content (AvgIpc) is 2.77. The number of nitrogens with zero attached hydrogens (tertiary/aromatic N) is 2. The summed E-state index contributed by atoms with van der Waals surface area (Å²) in [5.41, 5.74) is 12.4. The molecule has 21 heavy (non-hydrogen) atoms. The zero-order valence-corrected chi connectivity index (χ0v) is 13.0. The summed E-state index contributed by atoms with van der Waals surface area (Å²) >= 11 is 0. The number of aromatic nitrogens is 2. The molecule has 3 aromatic rings. The van der Waals surface area contributed by atoms with Crippen molar-refractivity contribution in [3.8, 4) is 5.69 Å². The van der Waals surface area contributed by atoms with Crippen molar-refractivity contribution in [2.24, 2.45) is 0 Å². The molecule has 0 fully saturated rings. The van der Waals surface area contributed by atoms with Gasteiger partial charge in [-0.15, -0.1) is 0 Å². The maximum Gasteiger partial charge on any atom is 0.117 e. The number of nitrogens with two attached hydrogens (primary N) is 1. The van der Waals surface area contributed by atoms with Crippen LogP contribution >= 0.6 is 0 Å². The molecule has 2 aromatic carbocycles. The van der Waals surface area contributed by atoms with Crippen LogP contribution in [-0.4, -0.2) is 9.55 Å². The Labute approximate surface area is 125 Å². The second-order valence-corrected chi connectivity index (χ2v) is 6.00. The Hall–Kier alpha value is -2.29. The minimum Gasteiger partial charge on any atom is -0.399 e. The van der Waals surface area contributed by atoms with Crippen molar-refractivity contribution in [3.05, 3.63) is 53.3 Å². The van der Waals surface area contributed by atoms with Crippen molar-refractivity contribution in [3.63, 3.8) is 0 Å². The van der Waals surface area contributed by atoms with Gasteiger partial charge in [0.05, 0.1) is 16.7 Å². The molecule has 0 saturated carbocycles. The Morgan fingerprint density at radius 1 is 1.05 bits per heavy atom. The number of imidazole rings is 1. The summed E-state index contributed by atoms with van der Waals surface area (Å²) in [7, 11) is 0. The molecular formula is C18H21N3. The van der Waals surface area contributed by atoms with Crippen LogP contribution in [0.2, 0.25) is 0 Å². The third-order valence-electron chi connectivity index (χ3n) is 3.81. The van der Waals surface area contributed by atoms with Crippen LogP contribution in [0.25, 0.3) is 16.7 Å². The summed E-state index contributed by atoms with van der Waals surface area (Å²) in [6.07, 6.45) is 0. The van der Waals surface area contributed by atoms with E-state index in [2.05, 4.69) is 56.5 Å². The second-order valence-electron chi connectivity index (χ2n) is 6.00. The third-order valence-corrected chi connectivity index (χ3v) is 3.81. The molecule has 0 aliphatic heterocycles. The van der Waals surface area contributed by atoms with Crippen molar-refractivity contribution in [1.82, 2.24) is 9.55 Å². The molecule has 2 N–H and O–H groups in total. The van der Waals surface area contributed by atoms with Crippen molar-refractivity contribution < 1.29 is 0 Å². The fourth-order valence-electron chi connectivity index (χ4n) is 2.81. The highest BCUT2D eigenvalue weighted by molar-refractivity contribution is 5.82. The van der Waals surface area contributed by atoms with Crippen LogP contribution < -0.4 is 5.73 Å². The van der Waals surface area contributed by atoms with Crippen LogP contribution in [0.15, 0.2) is 36.4 Å². The molecule has 0 bridgehead atoms. The molecule has 0 saturated heterocycles. The van der Waals surface area contributed by atoms with E-state index in [1.165, 1.54) is 16.8 Å². The Morgan fingerprint density at radius 3 is 2.48 bits per heavy atom. The number of rotatable bonds is 2. The molecule has 0 radical (unpaired) electrons. The Kier molecular flexibility index (Phi) is 3.20. The molecule has 3 nitrogen and oxygen atoms in total. The SMILES string of the molecule is Cc1ccc(-n2c(C(C)C)nc3cc(N)ccc32)c(C)c1. The van der Waals surface area contributed by atoms with Gasteiger partial charge in [-0.1, -0.05) is 31.5 Å². The van der Waals surface area contributed by atoms with E-state index < -0.39 is 0 Å². The summed E-state index contributed by atoms with van der Waals surface area (Å²) in [5.74, 6) is 1.42. The van der Waals surface area contributed by atoms with E-state index in [0.717, 1.165) is 22.5 Å². The zero-order chi connectivity index (χ0) is 15.1. The van der Waals surface area contributed by atoms with Gasteiger partial charge < -0.3 is 5.73 Å². The summed E-state index contributed by atoms with van der Waals surface area (Å²) in [6, 6.07) is 12.5. The van der Waals surface area contributed by atoms with Gasteiger partial charge in [-0.25, -0.2) is 4.98 Å². The van der Waals surface area contributed by atoms with Crippen LogP contribution in [0.3, 0.4) is 0 Å². The van der Waals surface area contributed by atoms with Crippen molar-refractivity contribution >= 4 is 16.7 Å². The predicted octanol–water partition coefficient (Wildman–Crippen LogP) is 4.35. The maximum absolute atomic E-state index is 5.90. The second kappa shape index (κ2) is 4.92. The lowest BCUT2D eigenvalue weighted by molar-refractivity contribution is 0.758. The standard InChI is InChI=1S/C18H21N3/c1-11(2)18-20-15-10-14(19)6-8-17(15)21(18)16-7-5-12(3)9-13(16)4/h5-11H,19H2,1-4H3. The molecule has 1 heterocycles. The fraction of sp³-hybridized carbons (Fsp3) is 0.278. The number of fused-ring (bicyclic) bond motifs is 1. The van der Waals surface area contributed by atoms with Crippen LogP contribution in [0, 0.1) is 13.8 Å². The van der Waals surface area contributed by atoms with Gasteiger partial charge in [-0.2, -0.15) is 0 Å². The molecule has 108 valence electrons. The molecule has 0 aliphatic rings. The van der Waals surface area contributed by atoms with Gasteiger partial charge in [0, 0.05) is 11.6 Å². The number of aryl methyl sites for hydroxylation is 2. The number of benzene rings is 2. The molecule has 3 rings (SSSR count). The van der Waals surface area contributed by atoms with Crippen molar-refractivity contribution in [2.45, 2.75) is 33.6 Å². The highest BCUT2D eigenvalue weighted by atomic mass is 15.1. The minimum absolute atomic E-state index is 0.347. The van der Waals surface area contributed by atoms with E-state index in [-0.39, 0.29) is 0 Å². The summed E-state index contributed by atoms with van der Waals surface area (Å²) in [4.78, 5) is 4.80. The summed E-state index contributed by atoms with van der Waals surface area (Å²) < 4.78 is 2.26. The monoisotopic (exact) mass is 279 g/mol. The van der Waals surface area contributed by atoms with E-state index in [9.17, 15) is 0 Å². The molecule has 3 heteroatoms. The molecule has 1 aromatic heterocycles. The smallest absolute Gasteiger partial charge is 0.117 e. The van der Waals surface area contributed by atoms with E-state index >= 15 is 0 Å². The van der Waals surface area contributed by atoms with Crippen LogP contribution in [0.5, 0.6) is 0 Å². The predicted molar refractivity (Wildman–Crippen MR) is 89.0 cm³/mol. The van der Waals surface area contributed by atoms with Crippen LogP contribution in [0.1, 0.15) is 36.7 Å². The van der Waals surface area contributed by atoms with Gasteiger partial charge in [0.2, 0.25) is 0 Å². The van der Waals surface area contributed by atoms with Gasteiger partial charge in [0.1, 0.15) is 5.82 Å². The number of hydrogen-bond acceptors (Lipinski definition) is 2. The topological polar surface area (TPSA) is 43.8 Å². The third kappa shape index (κ3) is 2.29. The van der Waals surface area contributed by atoms with Gasteiger partial charge >= 0.3 is 0 Å². The van der Waals surface area contributed by atoms with E-state index in [1.54, 1.807) is 0 Å². The Balaban J connectivity index is 2.36. The van der Waals surface area contributed by atoms with Gasteiger partial charge in [-0.05, 0) is 43.7 Å². The van der Waals surface area contributed by atoms with Crippen LogP contribution in [0.4, 0.5) is 5.69 Å². The molecule has 0 spiro atoms. The first-order chi connectivity index (χ1) is 9.97. The van der Waals surface area contributed by atoms with Crippen molar-refractivity contribution in [2.75, 3.05) is 5.73 Å². The number of anilines is 1. The number of nitrogen functional groups attached to an aromatic ring is 1. The largest absolute Gasteiger partial charge is 0.399 e. The summed E-state index contributed by atoms with van der Waals surface area (Å²) in [5, 5.41) is 0.